The summed E-state index contributed by atoms with van der Waals surface area (Å²) in [4.78, 5) is 32.6. The molecule has 1 rings (SSSR count). The number of carbonyl (C=O) groups excluding carboxylic acids is 2. The summed E-state index contributed by atoms with van der Waals surface area (Å²) in [6.45, 7) is 7.33. The summed E-state index contributed by atoms with van der Waals surface area (Å²) in [5, 5.41) is 3.08. The molecular formula is C13H19ClN4O2. The van der Waals surface area contributed by atoms with Crippen molar-refractivity contribution in [1.82, 2.24) is 14.9 Å². The largest absolute Gasteiger partial charge is 0.369 e. The number of nitrogens with zero attached hydrogens (tertiary/aromatic N) is 3. The predicted octanol–water partition coefficient (Wildman–Crippen LogP) is 1.92. The third-order valence-electron chi connectivity index (χ3n) is 2.88. The molecule has 7 heteroatoms. The standard InChI is InChI=1S/C13H19ClN4O2/c1-4-18(5-2)11(20)6-7-15-13-10(8-19)12(14)16-9(3)17-13/h8H,4-7H2,1-3H3,(H,15,16,17). The van der Waals surface area contributed by atoms with Crippen molar-refractivity contribution >= 4 is 29.6 Å². The van der Waals surface area contributed by atoms with E-state index in [1.807, 2.05) is 13.8 Å². The van der Waals surface area contributed by atoms with Crippen molar-refractivity contribution in [2.75, 3.05) is 25.0 Å². The van der Waals surface area contributed by atoms with Crippen molar-refractivity contribution in [2.24, 2.45) is 0 Å². The Kier molecular flexibility index (Phi) is 6.38. The number of aromatic nitrogens is 2. The van der Waals surface area contributed by atoms with E-state index >= 15 is 0 Å². The molecular weight excluding hydrogens is 280 g/mol. The second-order valence-corrected chi connectivity index (χ2v) is 4.54. The Morgan fingerprint density at radius 1 is 1.35 bits per heavy atom. The van der Waals surface area contributed by atoms with Crippen molar-refractivity contribution in [3.8, 4) is 0 Å². The van der Waals surface area contributed by atoms with E-state index in [1.54, 1.807) is 11.8 Å². The summed E-state index contributed by atoms with van der Waals surface area (Å²) in [5.41, 5.74) is 0.215. The van der Waals surface area contributed by atoms with Crippen LogP contribution in [0.15, 0.2) is 0 Å². The van der Waals surface area contributed by atoms with E-state index < -0.39 is 0 Å². The van der Waals surface area contributed by atoms with E-state index in [0.29, 0.717) is 44.0 Å². The van der Waals surface area contributed by atoms with Gasteiger partial charge in [0.2, 0.25) is 5.91 Å². The molecule has 1 N–H and O–H groups in total. The lowest BCUT2D eigenvalue weighted by molar-refractivity contribution is -0.130. The van der Waals surface area contributed by atoms with Crippen LogP contribution in [0.1, 0.15) is 36.5 Å². The zero-order valence-electron chi connectivity index (χ0n) is 11.9. The zero-order valence-corrected chi connectivity index (χ0v) is 12.7. The summed E-state index contributed by atoms with van der Waals surface area (Å²) in [7, 11) is 0. The minimum absolute atomic E-state index is 0.0621. The second kappa shape index (κ2) is 7.79. The molecule has 0 fully saturated rings. The molecule has 0 spiro atoms. The molecule has 0 unspecified atom stereocenters. The van der Waals surface area contributed by atoms with Gasteiger partial charge in [0.15, 0.2) is 6.29 Å². The van der Waals surface area contributed by atoms with Crippen molar-refractivity contribution in [2.45, 2.75) is 27.2 Å². The van der Waals surface area contributed by atoms with Gasteiger partial charge in [-0.3, -0.25) is 9.59 Å². The molecule has 0 radical (unpaired) electrons. The first kappa shape index (κ1) is 16.4. The molecule has 0 saturated heterocycles. The molecule has 0 aromatic carbocycles. The fourth-order valence-corrected chi connectivity index (χ4v) is 2.06. The molecule has 20 heavy (non-hydrogen) atoms. The van der Waals surface area contributed by atoms with Crippen molar-refractivity contribution in [3.63, 3.8) is 0 Å². The normalized spacial score (nSPS) is 10.2. The van der Waals surface area contributed by atoms with Crippen LogP contribution in [0, 0.1) is 6.92 Å². The number of hydrogen-bond acceptors (Lipinski definition) is 5. The van der Waals surface area contributed by atoms with Crippen molar-refractivity contribution in [1.29, 1.82) is 0 Å². The number of anilines is 1. The van der Waals surface area contributed by atoms with Crippen LogP contribution in [0.5, 0.6) is 0 Å². The van der Waals surface area contributed by atoms with Gasteiger partial charge in [-0.2, -0.15) is 0 Å². The quantitative estimate of drug-likeness (QED) is 0.615. The number of nitrogens with one attached hydrogen (secondary N) is 1. The van der Waals surface area contributed by atoms with E-state index in [0.717, 1.165) is 0 Å². The molecule has 0 saturated carbocycles. The van der Waals surface area contributed by atoms with Gasteiger partial charge in [0.1, 0.15) is 16.8 Å². The van der Waals surface area contributed by atoms with Crippen LogP contribution >= 0.6 is 11.6 Å². The van der Waals surface area contributed by atoms with Gasteiger partial charge >= 0.3 is 0 Å². The maximum absolute atomic E-state index is 11.8. The highest BCUT2D eigenvalue weighted by Crippen LogP contribution is 2.18. The Hall–Kier alpha value is -1.69. The lowest BCUT2D eigenvalue weighted by atomic mass is 10.3. The first-order valence-electron chi connectivity index (χ1n) is 6.54. The minimum Gasteiger partial charge on any atom is -0.369 e. The topological polar surface area (TPSA) is 75.2 Å². The molecule has 6 nitrogen and oxygen atoms in total. The van der Waals surface area contributed by atoms with Crippen molar-refractivity contribution < 1.29 is 9.59 Å². The van der Waals surface area contributed by atoms with Crippen LogP contribution in [0.25, 0.3) is 0 Å². The molecule has 1 aromatic rings. The first-order chi connectivity index (χ1) is 9.53. The Morgan fingerprint density at radius 3 is 2.55 bits per heavy atom. The summed E-state index contributed by atoms with van der Waals surface area (Å²) in [6, 6.07) is 0. The third-order valence-corrected chi connectivity index (χ3v) is 3.16. The zero-order chi connectivity index (χ0) is 15.1. The van der Waals surface area contributed by atoms with E-state index in [1.165, 1.54) is 0 Å². The monoisotopic (exact) mass is 298 g/mol. The molecule has 1 aromatic heterocycles. The molecule has 1 amide bonds. The van der Waals surface area contributed by atoms with Gasteiger partial charge in [0.25, 0.3) is 0 Å². The summed E-state index contributed by atoms with van der Waals surface area (Å²) >= 11 is 5.87. The molecule has 0 aliphatic heterocycles. The molecule has 110 valence electrons. The number of hydrogen-bond donors (Lipinski definition) is 1. The van der Waals surface area contributed by atoms with E-state index in [4.69, 9.17) is 11.6 Å². The third kappa shape index (κ3) is 4.16. The van der Waals surface area contributed by atoms with E-state index in [-0.39, 0.29) is 16.6 Å². The van der Waals surface area contributed by atoms with E-state index in [9.17, 15) is 9.59 Å². The number of rotatable bonds is 7. The second-order valence-electron chi connectivity index (χ2n) is 4.18. The van der Waals surface area contributed by atoms with Gasteiger partial charge in [-0.15, -0.1) is 0 Å². The molecule has 0 aliphatic carbocycles. The highest BCUT2D eigenvalue weighted by atomic mass is 35.5. The number of amides is 1. The Labute approximate surface area is 123 Å². The van der Waals surface area contributed by atoms with Crippen LogP contribution < -0.4 is 5.32 Å². The smallest absolute Gasteiger partial charge is 0.224 e. The first-order valence-corrected chi connectivity index (χ1v) is 6.92. The maximum Gasteiger partial charge on any atom is 0.224 e. The Morgan fingerprint density at radius 2 is 2.00 bits per heavy atom. The van der Waals surface area contributed by atoms with Gasteiger partial charge in [-0.25, -0.2) is 9.97 Å². The Bertz CT molecular complexity index is 490. The van der Waals surface area contributed by atoms with Gasteiger partial charge < -0.3 is 10.2 Å². The van der Waals surface area contributed by atoms with Crippen molar-refractivity contribution in [3.05, 3.63) is 16.5 Å². The van der Waals surface area contributed by atoms with Crippen LogP contribution in [-0.4, -0.2) is 46.7 Å². The molecule has 0 bridgehead atoms. The molecule has 1 heterocycles. The van der Waals surface area contributed by atoms with Gasteiger partial charge in [0, 0.05) is 26.1 Å². The van der Waals surface area contributed by atoms with Crippen LogP contribution in [0.2, 0.25) is 5.15 Å². The van der Waals surface area contributed by atoms with Gasteiger partial charge in [-0.1, -0.05) is 11.6 Å². The van der Waals surface area contributed by atoms with Crippen LogP contribution in [0.4, 0.5) is 5.82 Å². The highest BCUT2D eigenvalue weighted by molar-refractivity contribution is 6.32. The summed E-state index contributed by atoms with van der Waals surface area (Å²) in [5.74, 6) is 0.898. The maximum atomic E-state index is 11.8. The lowest BCUT2D eigenvalue weighted by Gasteiger charge is -2.18. The number of halogens is 1. The summed E-state index contributed by atoms with van der Waals surface area (Å²) < 4.78 is 0. The molecule has 0 atom stereocenters. The number of carbonyl (C=O) groups is 2. The fraction of sp³-hybridized carbons (Fsp3) is 0.538. The average Bonchev–Trinajstić information content (AvgIpc) is 2.39. The number of aryl methyl sites for hydroxylation is 1. The van der Waals surface area contributed by atoms with Gasteiger partial charge in [0.05, 0.1) is 5.56 Å². The van der Waals surface area contributed by atoms with E-state index in [2.05, 4.69) is 15.3 Å². The summed E-state index contributed by atoms with van der Waals surface area (Å²) in [6.07, 6.45) is 0.941. The van der Waals surface area contributed by atoms with Crippen LogP contribution in [-0.2, 0) is 4.79 Å². The fourth-order valence-electron chi connectivity index (χ4n) is 1.81. The number of aldehydes is 1. The minimum atomic E-state index is 0.0621. The Balaban J connectivity index is 2.67. The molecule has 0 aliphatic rings. The SMILES string of the molecule is CCN(CC)C(=O)CCNc1nc(C)nc(Cl)c1C=O. The highest BCUT2D eigenvalue weighted by Gasteiger charge is 2.12. The lowest BCUT2D eigenvalue weighted by Crippen LogP contribution is -2.31. The van der Waals surface area contributed by atoms with Crippen LogP contribution in [0.3, 0.4) is 0 Å². The predicted molar refractivity (Wildman–Crippen MR) is 78.2 cm³/mol. The van der Waals surface area contributed by atoms with Gasteiger partial charge in [-0.05, 0) is 20.8 Å². The average molecular weight is 299 g/mol.